The summed E-state index contributed by atoms with van der Waals surface area (Å²) in [5.41, 5.74) is 7.25. The molecule has 0 radical (unpaired) electrons. The third-order valence-corrected chi connectivity index (χ3v) is 2.78. The van der Waals surface area contributed by atoms with Gasteiger partial charge in [-0.1, -0.05) is 60.7 Å². The summed E-state index contributed by atoms with van der Waals surface area (Å²) in [6.45, 7) is 5.90. The Morgan fingerprint density at radius 2 is 1.41 bits per heavy atom. The van der Waals surface area contributed by atoms with Crippen LogP contribution in [0, 0.1) is 0 Å². The molecule has 0 saturated carbocycles. The molecule has 0 amide bonds. The van der Waals surface area contributed by atoms with Gasteiger partial charge in [-0.15, -0.1) is 0 Å². The fraction of sp³-hybridized carbons (Fsp3) is 0.316. The van der Waals surface area contributed by atoms with Crippen molar-refractivity contribution >= 4 is 5.97 Å². The number of hydrogen-bond acceptors (Lipinski definition) is 2. The van der Waals surface area contributed by atoms with Gasteiger partial charge in [0.2, 0.25) is 0 Å². The minimum atomic E-state index is -0.778. The molecule has 1 atom stereocenters. The fourth-order valence-electron chi connectivity index (χ4n) is 1.88. The zero-order valence-corrected chi connectivity index (χ0v) is 13.5. The van der Waals surface area contributed by atoms with Crippen molar-refractivity contribution in [2.24, 2.45) is 5.73 Å². The van der Waals surface area contributed by atoms with Gasteiger partial charge in [0.05, 0.1) is 5.92 Å². The van der Waals surface area contributed by atoms with E-state index in [-0.39, 0.29) is 5.54 Å². The maximum absolute atomic E-state index is 11.3. The highest BCUT2D eigenvalue weighted by molar-refractivity contribution is 5.76. The minimum Gasteiger partial charge on any atom is -0.481 e. The molecule has 0 aromatic heterocycles. The SMILES string of the molecule is CC(C)(C)N.O=C(O)[C@H](Cc1ccccc1)c1ccccc1. The zero-order chi connectivity index (χ0) is 16.6. The third kappa shape index (κ3) is 7.60. The maximum Gasteiger partial charge on any atom is 0.311 e. The first kappa shape index (κ1) is 17.9. The molecule has 3 N–H and O–H groups in total. The van der Waals surface area contributed by atoms with Gasteiger partial charge in [0.15, 0.2) is 0 Å². The first-order chi connectivity index (χ1) is 10.3. The molecule has 0 fully saturated rings. The van der Waals surface area contributed by atoms with E-state index in [0.29, 0.717) is 6.42 Å². The molecule has 118 valence electrons. The third-order valence-electron chi connectivity index (χ3n) is 2.78. The Kier molecular flexibility index (Phi) is 6.80. The highest BCUT2D eigenvalue weighted by Crippen LogP contribution is 2.20. The molecular weight excluding hydrogens is 274 g/mol. The predicted octanol–water partition coefficient (Wildman–Crippen LogP) is 3.84. The van der Waals surface area contributed by atoms with E-state index < -0.39 is 11.9 Å². The van der Waals surface area contributed by atoms with Crippen LogP contribution in [-0.2, 0) is 11.2 Å². The fourth-order valence-corrected chi connectivity index (χ4v) is 1.88. The molecular formula is C19H25NO2. The van der Waals surface area contributed by atoms with E-state index in [1.165, 1.54) is 0 Å². The number of rotatable bonds is 4. The second-order valence-electron chi connectivity index (χ2n) is 6.36. The van der Waals surface area contributed by atoms with Gasteiger partial charge in [0.25, 0.3) is 0 Å². The molecule has 0 unspecified atom stereocenters. The van der Waals surface area contributed by atoms with Crippen molar-refractivity contribution in [2.45, 2.75) is 38.6 Å². The zero-order valence-electron chi connectivity index (χ0n) is 13.5. The van der Waals surface area contributed by atoms with Gasteiger partial charge in [-0.3, -0.25) is 4.79 Å². The van der Waals surface area contributed by atoms with E-state index in [4.69, 9.17) is 5.73 Å². The topological polar surface area (TPSA) is 63.3 Å². The molecule has 3 heteroatoms. The quantitative estimate of drug-likeness (QED) is 0.901. The molecule has 0 saturated heterocycles. The van der Waals surface area contributed by atoms with Crippen molar-refractivity contribution in [3.05, 3.63) is 71.8 Å². The number of nitrogens with two attached hydrogens (primary N) is 1. The van der Waals surface area contributed by atoms with Crippen LogP contribution in [0.25, 0.3) is 0 Å². The first-order valence-electron chi connectivity index (χ1n) is 7.38. The number of carboxylic acid groups (broad SMARTS) is 1. The van der Waals surface area contributed by atoms with Gasteiger partial charge in [0.1, 0.15) is 0 Å². The van der Waals surface area contributed by atoms with E-state index in [0.717, 1.165) is 11.1 Å². The normalized spacial score (nSPS) is 12.0. The number of benzene rings is 2. The van der Waals surface area contributed by atoms with Crippen LogP contribution >= 0.6 is 0 Å². The van der Waals surface area contributed by atoms with Crippen molar-refractivity contribution in [3.8, 4) is 0 Å². The van der Waals surface area contributed by atoms with Gasteiger partial charge < -0.3 is 10.8 Å². The lowest BCUT2D eigenvalue weighted by Gasteiger charge is -2.12. The lowest BCUT2D eigenvalue weighted by molar-refractivity contribution is -0.138. The van der Waals surface area contributed by atoms with Crippen LogP contribution < -0.4 is 5.73 Å². The van der Waals surface area contributed by atoms with Crippen LogP contribution in [0.3, 0.4) is 0 Å². The molecule has 2 aromatic carbocycles. The molecule has 0 aliphatic heterocycles. The Morgan fingerprint density at radius 1 is 1.00 bits per heavy atom. The largest absolute Gasteiger partial charge is 0.481 e. The molecule has 2 rings (SSSR count). The van der Waals surface area contributed by atoms with Gasteiger partial charge in [0, 0.05) is 5.54 Å². The lowest BCUT2D eigenvalue weighted by Crippen LogP contribution is -2.26. The Balaban J connectivity index is 0.000000422. The van der Waals surface area contributed by atoms with Gasteiger partial charge in [-0.05, 0) is 38.3 Å². The second-order valence-corrected chi connectivity index (χ2v) is 6.36. The molecule has 0 heterocycles. The van der Waals surface area contributed by atoms with E-state index >= 15 is 0 Å². The standard InChI is InChI=1S/C15H14O2.C4H11N/c16-15(17)14(13-9-5-2-6-10-13)11-12-7-3-1-4-8-12;1-4(2,3)5/h1-10,14H,11H2,(H,16,17);5H2,1-3H3/t14-;/m1./s1. The van der Waals surface area contributed by atoms with Crippen LogP contribution in [0.5, 0.6) is 0 Å². The van der Waals surface area contributed by atoms with E-state index in [2.05, 4.69) is 0 Å². The number of carboxylic acids is 1. The second kappa shape index (κ2) is 8.35. The first-order valence-corrected chi connectivity index (χ1v) is 7.38. The predicted molar refractivity (Wildman–Crippen MR) is 90.9 cm³/mol. The summed E-state index contributed by atoms with van der Waals surface area (Å²) < 4.78 is 0. The summed E-state index contributed by atoms with van der Waals surface area (Å²) in [7, 11) is 0. The molecule has 0 aliphatic carbocycles. The summed E-state index contributed by atoms with van der Waals surface area (Å²) in [5.74, 6) is -1.25. The van der Waals surface area contributed by atoms with E-state index in [9.17, 15) is 9.90 Å². The number of carbonyl (C=O) groups is 1. The lowest BCUT2D eigenvalue weighted by atomic mass is 9.92. The summed E-state index contributed by atoms with van der Waals surface area (Å²) in [6.07, 6.45) is 0.528. The average molecular weight is 299 g/mol. The van der Waals surface area contributed by atoms with E-state index in [1.807, 2.05) is 81.4 Å². The Morgan fingerprint density at radius 3 is 1.82 bits per heavy atom. The van der Waals surface area contributed by atoms with Crippen LogP contribution in [-0.4, -0.2) is 16.6 Å². The van der Waals surface area contributed by atoms with Crippen LogP contribution in [0.4, 0.5) is 0 Å². The van der Waals surface area contributed by atoms with Gasteiger partial charge >= 0.3 is 5.97 Å². The van der Waals surface area contributed by atoms with E-state index in [1.54, 1.807) is 0 Å². The van der Waals surface area contributed by atoms with Crippen LogP contribution in [0.15, 0.2) is 60.7 Å². The maximum atomic E-state index is 11.3. The van der Waals surface area contributed by atoms with Crippen molar-refractivity contribution in [1.29, 1.82) is 0 Å². The molecule has 0 aliphatic rings. The van der Waals surface area contributed by atoms with Crippen molar-refractivity contribution < 1.29 is 9.90 Å². The minimum absolute atomic E-state index is 0. The Labute approximate surface area is 132 Å². The molecule has 0 spiro atoms. The highest BCUT2D eigenvalue weighted by Gasteiger charge is 2.19. The summed E-state index contributed by atoms with van der Waals surface area (Å²) in [4.78, 5) is 11.3. The summed E-state index contributed by atoms with van der Waals surface area (Å²) >= 11 is 0. The summed E-state index contributed by atoms with van der Waals surface area (Å²) in [6, 6.07) is 19.1. The number of aliphatic carboxylic acids is 1. The van der Waals surface area contributed by atoms with Crippen molar-refractivity contribution in [1.82, 2.24) is 0 Å². The monoisotopic (exact) mass is 299 g/mol. The summed E-state index contributed by atoms with van der Waals surface area (Å²) in [5, 5.41) is 9.29. The highest BCUT2D eigenvalue weighted by atomic mass is 16.4. The number of hydrogen-bond donors (Lipinski definition) is 2. The Bertz CT molecular complexity index is 553. The van der Waals surface area contributed by atoms with Crippen LogP contribution in [0.1, 0.15) is 37.8 Å². The molecule has 3 nitrogen and oxygen atoms in total. The van der Waals surface area contributed by atoms with Crippen molar-refractivity contribution in [3.63, 3.8) is 0 Å². The van der Waals surface area contributed by atoms with Crippen LogP contribution in [0.2, 0.25) is 0 Å². The molecule has 0 bridgehead atoms. The Hall–Kier alpha value is -2.13. The smallest absolute Gasteiger partial charge is 0.311 e. The molecule has 22 heavy (non-hydrogen) atoms. The van der Waals surface area contributed by atoms with Gasteiger partial charge in [-0.25, -0.2) is 0 Å². The van der Waals surface area contributed by atoms with Crippen molar-refractivity contribution in [2.75, 3.05) is 0 Å². The van der Waals surface area contributed by atoms with Gasteiger partial charge in [-0.2, -0.15) is 0 Å². The molecule has 2 aromatic rings. The average Bonchev–Trinajstić information content (AvgIpc) is 2.45.